The van der Waals surface area contributed by atoms with Crippen LogP contribution in [0.15, 0.2) is 0 Å². The lowest BCUT2D eigenvalue weighted by atomic mass is 9.92. The van der Waals surface area contributed by atoms with E-state index in [-0.39, 0.29) is 52.1 Å². The number of ether oxygens (including phenoxy) is 4. The number of carbonyl (C=O) groups is 4. The van der Waals surface area contributed by atoms with E-state index in [4.69, 9.17) is 18.9 Å². The molecule has 0 fully saturated rings. The fourth-order valence-electron chi connectivity index (χ4n) is 1.96. The molecule has 0 aliphatic rings. The number of hydrogen-bond acceptors (Lipinski definition) is 11. The molecule has 0 aromatic carbocycles. The van der Waals surface area contributed by atoms with Crippen LogP contribution in [0.3, 0.4) is 0 Å². The highest BCUT2D eigenvalue weighted by Crippen LogP contribution is 2.22. The largest absolute Gasteiger partial charge is 0.465 e. The van der Waals surface area contributed by atoms with Crippen LogP contribution in [0.2, 0.25) is 0 Å². The summed E-state index contributed by atoms with van der Waals surface area (Å²) in [6, 6.07) is 0. The van der Waals surface area contributed by atoms with E-state index in [0.29, 0.717) is 17.3 Å². The second kappa shape index (κ2) is 17.6. The molecule has 0 atom stereocenters. The minimum atomic E-state index is -1.19. The summed E-state index contributed by atoms with van der Waals surface area (Å²) in [5, 5.41) is 0. The van der Waals surface area contributed by atoms with Crippen molar-refractivity contribution in [2.45, 2.75) is 32.6 Å². The Morgan fingerprint density at radius 2 is 1.07 bits per heavy atom. The van der Waals surface area contributed by atoms with E-state index < -0.39 is 29.3 Å². The Morgan fingerprint density at radius 1 is 0.700 bits per heavy atom. The molecular formula is C19H32O8S3. The van der Waals surface area contributed by atoms with Gasteiger partial charge in [-0.15, -0.1) is 0 Å². The minimum absolute atomic E-state index is 0.0922. The smallest absolute Gasteiger partial charge is 0.306 e. The molecular weight excluding hydrogens is 452 g/mol. The lowest BCUT2D eigenvalue weighted by molar-refractivity contribution is -0.170. The molecule has 0 N–H and O–H groups in total. The van der Waals surface area contributed by atoms with Crippen molar-refractivity contribution < 1.29 is 38.1 Å². The Hall–Kier alpha value is -1.07. The quantitative estimate of drug-likeness (QED) is 0.188. The van der Waals surface area contributed by atoms with Crippen LogP contribution in [0.4, 0.5) is 0 Å². The van der Waals surface area contributed by atoms with E-state index in [2.05, 4.69) is 12.6 Å². The van der Waals surface area contributed by atoms with Crippen molar-refractivity contribution in [3.8, 4) is 0 Å². The molecule has 0 rings (SSSR count). The normalized spacial score (nSPS) is 10.9. The van der Waals surface area contributed by atoms with Gasteiger partial charge in [0.2, 0.25) is 0 Å². The highest BCUT2D eigenvalue weighted by atomic mass is 32.2. The molecule has 0 amide bonds. The molecule has 0 heterocycles. The summed E-state index contributed by atoms with van der Waals surface area (Å²) in [5.74, 6) is -0.350. The third kappa shape index (κ3) is 14.0. The summed E-state index contributed by atoms with van der Waals surface area (Å²) < 4.78 is 21.2. The standard InChI is InChI=1S/C19H32O8S3/c1-4-15(20)24-11-19(12-25-16(21)5-8-28,13-26-17(22)6-9-29-2)14-27-18(23)7-10-30-3/h28H,4-14H2,1-3H3. The third-order valence-corrected chi connectivity index (χ3v) is 5.23. The Bertz CT molecular complexity index is 518. The molecule has 8 nitrogen and oxygen atoms in total. The molecule has 0 unspecified atom stereocenters. The number of esters is 4. The van der Waals surface area contributed by atoms with Gasteiger partial charge in [-0.05, 0) is 12.5 Å². The van der Waals surface area contributed by atoms with Crippen LogP contribution in [0.25, 0.3) is 0 Å². The topological polar surface area (TPSA) is 105 Å². The van der Waals surface area contributed by atoms with Crippen molar-refractivity contribution in [2.24, 2.45) is 5.41 Å². The molecule has 174 valence electrons. The van der Waals surface area contributed by atoms with Crippen molar-refractivity contribution in [1.29, 1.82) is 0 Å². The fourth-order valence-corrected chi connectivity index (χ4v) is 2.89. The van der Waals surface area contributed by atoms with Crippen LogP contribution in [-0.4, -0.2) is 80.1 Å². The van der Waals surface area contributed by atoms with E-state index in [1.54, 1.807) is 6.92 Å². The van der Waals surface area contributed by atoms with Crippen LogP contribution in [-0.2, 0) is 38.1 Å². The maximum atomic E-state index is 12.0. The first-order valence-electron chi connectivity index (χ1n) is 9.53. The van der Waals surface area contributed by atoms with E-state index in [9.17, 15) is 19.2 Å². The molecule has 0 aromatic heterocycles. The van der Waals surface area contributed by atoms with Crippen LogP contribution in [0.5, 0.6) is 0 Å². The van der Waals surface area contributed by atoms with E-state index in [1.807, 2.05) is 12.5 Å². The summed E-state index contributed by atoms with van der Waals surface area (Å²) in [4.78, 5) is 47.5. The fraction of sp³-hybridized carbons (Fsp3) is 0.789. The first kappa shape index (κ1) is 28.9. The molecule has 0 spiro atoms. The van der Waals surface area contributed by atoms with Gasteiger partial charge < -0.3 is 18.9 Å². The maximum absolute atomic E-state index is 12.0. The van der Waals surface area contributed by atoms with Gasteiger partial charge in [-0.2, -0.15) is 36.2 Å². The van der Waals surface area contributed by atoms with Crippen LogP contribution < -0.4 is 0 Å². The van der Waals surface area contributed by atoms with Crippen molar-refractivity contribution in [1.82, 2.24) is 0 Å². The van der Waals surface area contributed by atoms with E-state index in [1.165, 1.54) is 23.5 Å². The van der Waals surface area contributed by atoms with Crippen molar-refractivity contribution >= 4 is 60.0 Å². The van der Waals surface area contributed by atoms with Gasteiger partial charge in [-0.1, -0.05) is 6.92 Å². The molecule has 11 heteroatoms. The predicted molar refractivity (Wildman–Crippen MR) is 121 cm³/mol. The second-order valence-corrected chi connectivity index (χ2v) is 8.87. The zero-order chi connectivity index (χ0) is 22.8. The van der Waals surface area contributed by atoms with Crippen LogP contribution >= 0.6 is 36.2 Å². The summed E-state index contributed by atoms with van der Waals surface area (Å²) in [6.45, 7) is 0.742. The highest BCUT2D eigenvalue weighted by molar-refractivity contribution is 7.98. The Kier molecular flexibility index (Phi) is 17.0. The summed E-state index contributed by atoms with van der Waals surface area (Å²) in [5.41, 5.74) is -1.19. The van der Waals surface area contributed by atoms with Gasteiger partial charge in [0.15, 0.2) is 0 Å². The van der Waals surface area contributed by atoms with Crippen molar-refractivity contribution in [3.63, 3.8) is 0 Å². The molecule has 0 saturated carbocycles. The molecule has 0 aliphatic carbocycles. The maximum Gasteiger partial charge on any atom is 0.306 e. The number of hydrogen-bond donors (Lipinski definition) is 1. The Morgan fingerprint density at radius 3 is 1.40 bits per heavy atom. The summed E-state index contributed by atoms with van der Waals surface area (Å²) in [7, 11) is 0. The van der Waals surface area contributed by atoms with Crippen LogP contribution in [0.1, 0.15) is 32.6 Å². The van der Waals surface area contributed by atoms with Gasteiger partial charge in [0, 0.05) is 23.7 Å². The van der Waals surface area contributed by atoms with Crippen molar-refractivity contribution in [2.75, 3.05) is 56.2 Å². The lowest BCUT2D eigenvalue weighted by Gasteiger charge is -2.31. The second-order valence-electron chi connectivity index (χ2n) is 6.46. The number of carbonyl (C=O) groups excluding carboxylic acids is 4. The first-order chi connectivity index (χ1) is 14.3. The molecule has 0 radical (unpaired) electrons. The van der Waals surface area contributed by atoms with Gasteiger partial charge in [0.1, 0.15) is 31.8 Å². The van der Waals surface area contributed by atoms with Crippen molar-refractivity contribution in [3.05, 3.63) is 0 Å². The first-order valence-corrected chi connectivity index (χ1v) is 13.0. The zero-order valence-corrected chi connectivity index (χ0v) is 20.3. The summed E-state index contributed by atoms with van der Waals surface area (Å²) in [6.07, 6.45) is 4.40. The minimum Gasteiger partial charge on any atom is -0.465 e. The number of thioether (sulfide) groups is 2. The van der Waals surface area contributed by atoms with Gasteiger partial charge in [0.25, 0.3) is 0 Å². The average molecular weight is 485 g/mol. The van der Waals surface area contributed by atoms with Gasteiger partial charge in [-0.3, -0.25) is 19.2 Å². The molecule has 0 aliphatic heterocycles. The molecule has 0 bridgehead atoms. The van der Waals surface area contributed by atoms with Gasteiger partial charge in [-0.25, -0.2) is 0 Å². The molecule has 0 aromatic rings. The average Bonchev–Trinajstić information content (AvgIpc) is 2.75. The number of thiol groups is 1. The zero-order valence-electron chi connectivity index (χ0n) is 17.8. The molecule has 30 heavy (non-hydrogen) atoms. The van der Waals surface area contributed by atoms with E-state index in [0.717, 1.165) is 0 Å². The highest BCUT2D eigenvalue weighted by Gasteiger charge is 2.37. The predicted octanol–water partition coefficient (Wildman–Crippen LogP) is 2.38. The van der Waals surface area contributed by atoms with Gasteiger partial charge >= 0.3 is 23.9 Å². The Labute approximate surface area is 192 Å². The Balaban J connectivity index is 5.33. The summed E-state index contributed by atoms with van der Waals surface area (Å²) >= 11 is 7.00. The lowest BCUT2D eigenvalue weighted by Crippen LogP contribution is -2.44. The van der Waals surface area contributed by atoms with Crippen LogP contribution in [0, 0.1) is 5.41 Å². The van der Waals surface area contributed by atoms with E-state index >= 15 is 0 Å². The monoisotopic (exact) mass is 484 g/mol. The molecule has 0 saturated heterocycles. The van der Waals surface area contributed by atoms with Gasteiger partial charge in [0.05, 0.1) is 19.3 Å². The SMILES string of the molecule is CCC(=O)OCC(COC(=O)CCS)(COC(=O)CCSC)COC(=O)CCSC. The third-order valence-electron chi connectivity index (χ3n) is 3.78. The number of rotatable bonds is 17.